The van der Waals surface area contributed by atoms with Gasteiger partial charge in [-0.2, -0.15) is 0 Å². The Morgan fingerprint density at radius 2 is 1.86 bits per heavy atom. The zero-order valence-electron chi connectivity index (χ0n) is 12.8. The van der Waals surface area contributed by atoms with Gasteiger partial charge >= 0.3 is 0 Å². The fourth-order valence-electron chi connectivity index (χ4n) is 2.12. The van der Waals surface area contributed by atoms with E-state index >= 15 is 0 Å². The Labute approximate surface area is 126 Å². The summed E-state index contributed by atoms with van der Waals surface area (Å²) in [5, 5.41) is 9.26. The second-order valence-electron chi connectivity index (χ2n) is 5.34. The predicted octanol–water partition coefficient (Wildman–Crippen LogP) is 4.28. The summed E-state index contributed by atoms with van der Waals surface area (Å²) in [7, 11) is 0. The van der Waals surface area contributed by atoms with Gasteiger partial charge in [-0.15, -0.1) is 0 Å². The lowest BCUT2D eigenvalue weighted by atomic mass is 10.1. The van der Waals surface area contributed by atoms with Crippen molar-refractivity contribution in [3.8, 4) is 5.75 Å². The van der Waals surface area contributed by atoms with Gasteiger partial charge in [0, 0.05) is 0 Å². The summed E-state index contributed by atoms with van der Waals surface area (Å²) in [6.07, 6.45) is 3.26. The molecule has 0 aliphatic heterocycles. The molecule has 1 unspecified atom stereocenters. The van der Waals surface area contributed by atoms with E-state index in [0.29, 0.717) is 6.61 Å². The molecule has 2 rings (SSSR count). The molecule has 0 saturated heterocycles. The summed E-state index contributed by atoms with van der Waals surface area (Å²) in [5.74, 6) is 0.896. The second kappa shape index (κ2) is 7.09. The van der Waals surface area contributed by atoms with Gasteiger partial charge in [0.1, 0.15) is 12.4 Å². The maximum atomic E-state index is 9.26. The number of aliphatic hydroxyl groups is 1. The Morgan fingerprint density at radius 1 is 1.10 bits per heavy atom. The molecular formula is C19H22O2. The molecule has 2 nitrogen and oxygen atoms in total. The van der Waals surface area contributed by atoms with Gasteiger partial charge in [0.15, 0.2) is 0 Å². The molecule has 0 saturated carbocycles. The van der Waals surface area contributed by atoms with Crippen LogP contribution in [0.25, 0.3) is 6.08 Å². The van der Waals surface area contributed by atoms with Crippen molar-refractivity contribution < 1.29 is 9.84 Å². The van der Waals surface area contributed by atoms with Crippen LogP contribution in [0, 0.1) is 13.8 Å². The van der Waals surface area contributed by atoms with Gasteiger partial charge in [-0.25, -0.2) is 0 Å². The smallest absolute Gasteiger partial charge is 0.122 e. The Morgan fingerprint density at radius 3 is 2.52 bits per heavy atom. The van der Waals surface area contributed by atoms with Crippen molar-refractivity contribution in [2.75, 3.05) is 0 Å². The normalized spacial score (nSPS) is 12.6. The van der Waals surface area contributed by atoms with Gasteiger partial charge in [0.25, 0.3) is 0 Å². The Kier molecular flexibility index (Phi) is 5.18. The molecule has 1 N–H and O–H groups in total. The van der Waals surface area contributed by atoms with Gasteiger partial charge in [-0.1, -0.05) is 42.5 Å². The van der Waals surface area contributed by atoms with E-state index in [0.717, 1.165) is 16.9 Å². The van der Waals surface area contributed by atoms with Crippen LogP contribution in [0.5, 0.6) is 5.75 Å². The summed E-state index contributed by atoms with van der Waals surface area (Å²) in [4.78, 5) is 0. The van der Waals surface area contributed by atoms with Crippen LogP contribution < -0.4 is 4.74 Å². The lowest BCUT2D eigenvalue weighted by Gasteiger charge is -2.11. The molecule has 0 aliphatic carbocycles. The molecule has 0 amide bonds. The van der Waals surface area contributed by atoms with Gasteiger partial charge in [-0.3, -0.25) is 0 Å². The number of hydrogen-bond acceptors (Lipinski definition) is 2. The molecule has 0 bridgehead atoms. The monoisotopic (exact) mass is 282 g/mol. The SMILES string of the molecule is Cc1ccccc1COc1ccc(/C=C/C(C)O)cc1C. The summed E-state index contributed by atoms with van der Waals surface area (Å²) < 4.78 is 5.91. The van der Waals surface area contributed by atoms with Gasteiger partial charge < -0.3 is 9.84 Å². The number of aliphatic hydroxyl groups excluding tert-OH is 1. The minimum atomic E-state index is -0.428. The Bertz CT molecular complexity index is 627. The highest BCUT2D eigenvalue weighted by Gasteiger charge is 2.02. The lowest BCUT2D eigenvalue weighted by Crippen LogP contribution is -1.99. The molecule has 0 radical (unpaired) electrons. The molecule has 2 aromatic rings. The van der Waals surface area contributed by atoms with Crippen LogP contribution in [-0.2, 0) is 6.61 Å². The molecule has 1 atom stereocenters. The van der Waals surface area contributed by atoms with Crippen molar-refractivity contribution in [3.63, 3.8) is 0 Å². The van der Waals surface area contributed by atoms with E-state index in [1.807, 2.05) is 37.3 Å². The molecule has 2 heteroatoms. The minimum Gasteiger partial charge on any atom is -0.489 e. The fraction of sp³-hybridized carbons (Fsp3) is 0.263. The molecule has 0 spiro atoms. The summed E-state index contributed by atoms with van der Waals surface area (Å²) >= 11 is 0. The third-order valence-corrected chi connectivity index (χ3v) is 3.41. The third kappa shape index (κ3) is 4.47. The van der Waals surface area contributed by atoms with Crippen LogP contribution in [0.2, 0.25) is 0 Å². The van der Waals surface area contributed by atoms with Crippen molar-refractivity contribution in [3.05, 3.63) is 70.8 Å². The standard InChI is InChI=1S/C19H22O2/c1-14-6-4-5-7-18(14)13-21-19-11-10-17(12-15(19)2)9-8-16(3)20/h4-12,16,20H,13H2,1-3H3/b9-8+. The van der Waals surface area contributed by atoms with E-state index in [4.69, 9.17) is 4.74 Å². The van der Waals surface area contributed by atoms with Crippen molar-refractivity contribution in [2.24, 2.45) is 0 Å². The molecule has 2 aromatic carbocycles. The topological polar surface area (TPSA) is 29.5 Å². The number of aryl methyl sites for hydroxylation is 2. The lowest BCUT2D eigenvalue weighted by molar-refractivity contribution is 0.245. The van der Waals surface area contributed by atoms with E-state index in [9.17, 15) is 5.11 Å². The molecule has 0 fully saturated rings. The van der Waals surface area contributed by atoms with E-state index in [-0.39, 0.29) is 0 Å². The largest absolute Gasteiger partial charge is 0.489 e. The Balaban J connectivity index is 2.06. The van der Waals surface area contributed by atoms with Crippen LogP contribution in [0.1, 0.15) is 29.2 Å². The Hall–Kier alpha value is -2.06. The summed E-state index contributed by atoms with van der Waals surface area (Å²) in [6, 6.07) is 14.3. The van der Waals surface area contributed by atoms with E-state index in [1.165, 1.54) is 11.1 Å². The van der Waals surface area contributed by atoms with Crippen LogP contribution in [-0.4, -0.2) is 11.2 Å². The highest BCUT2D eigenvalue weighted by molar-refractivity contribution is 5.53. The molecule has 0 heterocycles. The number of ether oxygens (including phenoxy) is 1. The zero-order chi connectivity index (χ0) is 15.2. The third-order valence-electron chi connectivity index (χ3n) is 3.41. The highest BCUT2D eigenvalue weighted by Crippen LogP contribution is 2.21. The van der Waals surface area contributed by atoms with Crippen LogP contribution >= 0.6 is 0 Å². The summed E-state index contributed by atoms with van der Waals surface area (Å²) in [6.45, 7) is 6.45. The first-order valence-electron chi connectivity index (χ1n) is 7.20. The highest BCUT2D eigenvalue weighted by atomic mass is 16.5. The average molecular weight is 282 g/mol. The van der Waals surface area contributed by atoms with Crippen LogP contribution in [0.3, 0.4) is 0 Å². The maximum Gasteiger partial charge on any atom is 0.122 e. The van der Waals surface area contributed by atoms with E-state index in [2.05, 4.69) is 25.1 Å². The number of hydrogen-bond donors (Lipinski definition) is 1. The van der Waals surface area contributed by atoms with Crippen molar-refractivity contribution in [1.82, 2.24) is 0 Å². The molecular weight excluding hydrogens is 260 g/mol. The molecule has 0 aliphatic rings. The molecule has 110 valence electrons. The molecule has 21 heavy (non-hydrogen) atoms. The van der Waals surface area contributed by atoms with Crippen LogP contribution in [0.4, 0.5) is 0 Å². The first-order chi connectivity index (χ1) is 10.1. The van der Waals surface area contributed by atoms with Gasteiger partial charge in [-0.05, 0) is 55.2 Å². The van der Waals surface area contributed by atoms with Crippen molar-refractivity contribution in [2.45, 2.75) is 33.5 Å². The van der Waals surface area contributed by atoms with Gasteiger partial charge in [0.05, 0.1) is 6.10 Å². The van der Waals surface area contributed by atoms with Crippen molar-refractivity contribution in [1.29, 1.82) is 0 Å². The van der Waals surface area contributed by atoms with Crippen molar-refractivity contribution >= 4 is 6.08 Å². The first kappa shape index (κ1) is 15.3. The number of rotatable bonds is 5. The fourth-order valence-corrected chi connectivity index (χ4v) is 2.12. The average Bonchev–Trinajstić information content (AvgIpc) is 2.45. The first-order valence-corrected chi connectivity index (χ1v) is 7.20. The second-order valence-corrected chi connectivity index (χ2v) is 5.34. The quantitative estimate of drug-likeness (QED) is 0.887. The minimum absolute atomic E-state index is 0.428. The van der Waals surface area contributed by atoms with E-state index < -0.39 is 6.10 Å². The van der Waals surface area contributed by atoms with Gasteiger partial charge in [0.2, 0.25) is 0 Å². The number of benzene rings is 2. The predicted molar refractivity (Wildman–Crippen MR) is 87.4 cm³/mol. The summed E-state index contributed by atoms with van der Waals surface area (Å²) in [5.41, 5.74) is 4.61. The maximum absolute atomic E-state index is 9.26. The molecule has 0 aromatic heterocycles. The van der Waals surface area contributed by atoms with E-state index in [1.54, 1.807) is 13.0 Å². The zero-order valence-corrected chi connectivity index (χ0v) is 12.8. The van der Waals surface area contributed by atoms with Crippen LogP contribution in [0.15, 0.2) is 48.5 Å².